The summed E-state index contributed by atoms with van der Waals surface area (Å²) in [7, 11) is 0. The fourth-order valence-corrected chi connectivity index (χ4v) is 5.05. The highest BCUT2D eigenvalue weighted by molar-refractivity contribution is 5.83. The summed E-state index contributed by atoms with van der Waals surface area (Å²) in [6.45, 7) is 1.99. The first kappa shape index (κ1) is 20.2. The average molecular weight is 391 g/mol. The number of rotatable bonds is 6. The number of hydrogen-bond donors (Lipinski definition) is 1. The average Bonchev–Trinajstić information content (AvgIpc) is 2.77. The van der Waals surface area contributed by atoms with E-state index in [4.69, 9.17) is 0 Å². The Labute approximate surface area is 175 Å². The van der Waals surface area contributed by atoms with E-state index in [0.29, 0.717) is 12.0 Å². The summed E-state index contributed by atoms with van der Waals surface area (Å²) in [5.74, 6) is 0.913. The number of hydrogen-bond acceptors (Lipinski definition) is 2. The number of carbonyl (C=O) groups excluding carboxylic acids is 1. The van der Waals surface area contributed by atoms with Crippen molar-refractivity contribution < 1.29 is 4.79 Å². The van der Waals surface area contributed by atoms with Gasteiger partial charge in [0, 0.05) is 6.04 Å². The van der Waals surface area contributed by atoms with Crippen LogP contribution in [0, 0.1) is 5.92 Å². The highest BCUT2D eigenvalue weighted by Crippen LogP contribution is 2.29. The molecule has 1 atom stereocenters. The van der Waals surface area contributed by atoms with Gasteiger partial charge in [-0.1, -0.05) is 79.9 Å². The molecular weight excluding hydrogens is 356 g/mol. The Morgan fingerprint density at radius 1 is 0.862 bits per heavy atom. The third kappa shape index (κ3) is 5.48. The minimum absolute atomic E-state index is 0.157. The van der Waals surface area contributed by atoms with Crippen molar-refractivity contribution in [3.05, 3.63) is 71.8 Å². The molecule has 29 heavy (non-hydrogen) atoms. The van der Waals surface area contributed by atoms with E-state index in [2.05, 4.69) is 64.8 Å². The van der Waals surface area contributed by atoms with Gasteiger partial charge in [0.25, 0.3) is 0 Å². The molecule has 0 bridgehead atoms. The van der Waals surface area contributed by atoms with E-state index in [0.717, 1.165) is 50.8 Å². The van der Waals surface area contributed by atoms with Crippen LogP contribution in [0.25, 0.3) is 0 Å². The Morgan fingerprint density at radius 3 is 2.14 bits per heavy atom. The molecule has 0 unspecified atom stereocenters. The standard InChI is InChI=1S/C26H34N2O/c29-26(27-24-14-8-3-9-15-24)25(23-12-6-2-7-13-23)28-18-16-22(17-19-28)20-21-10-4-1-5-11-21/h1-2,4-7,10-13,22,24-25H,3,8-9,14-20H2,(H,27,29)/t25-/m1/s1. The fourth-order valence-electron chi connectivity index (χ4n) is 5.05. The van der Waals surface area contributed by atoms with Gasteiger partial charge in [-0.05, 0) is 62.2 Å². The number of amides is 1. The highest BCUT2D eigenvalue weighted by Gasteiger charge is 2.32. The van der Waals surface area contributed by atoms with Crippen LogP contribution in [0.5, 0.6) is 0 Å². The van der Waals surface area contributed by atoms with E-state index in [1.165, 1.54) is 24.8 Å². The third-order valence-corrected chi connectivity index (χ3v) is 6.70. The molecule has 3 nitrogen and oxygen atoms in total. The smallest absolute Gasteiger partial charge is 0.242 e. The highest BCUT2D eigenvalue weighted by atomic mass is 16.2. The molecule has 0 spiro atoms. The summed E-state index contributed by atoms with van der Waals surface area (Å²) in [6.07, 6.45) is 9.53. The van der Waals surface area contributed by atoms with Gasteiger partial charge in [-0.15, -0.1) is 0 Å². The summed E-state index contributed by atoms with van der Waals surface area (Å²) >= 11 is 0. The second-order valence-electron chi connectivity index (χ2n) is 8.83. The molecule has 2 fully saturated rings. The van der Waals surface area contributed by atoms with Crippen LogP contribution in [0.4, 0.5) is 0 Å². The van der Waals surface area contributed by atoms with Gasteiger partial charge in [0.05, 0.1) is 0 Å². The Balaban J connectivity index is 1.41. The van der Waals surface area contributed by atoms with Gasteiger partial charge in [0.2, 0.25) is 5.91 Å². The van der Waals surface area contributed by atoms with E-state index in [-0.39, 0.29) is 11.9 Å². The van der Waals surface area contributed by atoms with Gasteiger partial charge in [0.15, 0.2) is 0 Å². The second-order valence-corrected chi connectivity index (χ2v) is 8.83. The maximum absolute atomic E-state index is 13.3. The largest absolute Gasteiger partial charge is 0.352 e. The lowest BCUT2D eigenvalue weighted by Gasteiger charge is -2.38. The van der Waals surface area contributed by atoms with Crippen molar-refractivity contribution in [2.45, 2.75) is 63.5 Å². The first-order chi connectivity index (χ1) is 14.3. The summed E-state index contributed by atoms with van der Waals surface area (Å²) in [5.41, 5.74) is 2.56. The van der Waals surface area contributed by atoms with E-state index in [9.17, 15) is 4.79 Å². The van der Waals surface area contributed by atoms with E-state index in [1.54, 1.807) is 0 Å². The van der Waals surface area contributed by atoms with Gasteiger partial charge in [0.1, 0.15) is 6.04 Å². The van der Waals surface area contributed by atoms with Crippen LogP contribution < -0.4 is 5.32 Å². The number of carbonyl (C=O) groups is 1. The SMILES string of the molecule is O=C(NC1CCCCC1)[C@@H](c1ccccc1)N1CCC(Cc2ccccc2)CC1. The van der Waals surface area contributed by atoms with Crippen molar-refractivity contribution in [2.75, 3.05) is 13.1 Å². The van der Waals surface area contributed by atoms with Gasteiger partial charge >= 0.3 is 0 Å². The third-order valence-electron chi connectivity index (χ3n) is 6.70. The normalized spacial score (nSPS) is 20.3. The molecule has 2 aliphatic rings. The van der Waals surface area contributed by atoms with Crippen molar-refractivity contribution in [3.63, 3.8) is 0 Å². The number of nitrogens with one attached hydrogen (secondary N) is 1. The summed E-state index contributed by atoms with van der Waals surface area (Å²) < 4.78 is 0. The lowest BCUT2D eigenvalue weighted by molar-refractivity contribution is -0.128. The quantitative estimate of drug-likeness (QED) is 0.741. The lowest BCUT2D eigenvalue weighted by Crippen LogP contribution is -2.47. The number of piperidine rings is 1. The number of likely N-dealkylation sites (tertiary alicyclic amines) is 1. The van der Waals surface area contributed by atoms with Crippen molar-refractivity contribution in [1.82, 2.24) is 10.2 Å². The predicted molar refractivity (Wildman–Crippen MR) is 119 cm³/mol. The molecule has 1 heterocycles. The van der Waals surface area contributed by atoms with Gasteiger partial charge in [-0.3, -0.25) is 9.69 Å². The minimum Gasteiger partial charge on any atom is -0.352 e. The predicted octanol–water partition coefficient (Wildman–Crippen LogP) is 5.13. The Morgan fingerprint density at radius 2 is 1.48 bits per heavy atom. The van der Waals surface area contributed by atoms with Gasteiger partial charge in [-0.2, -0.15) is 0 Å². The van der Waals surface area contributed by atoms with Crippen LogP contribution in [-0.4, -0.2) is 29.9 Å². The van der Waals surface area contributed by atoms with Crippen LogP contribution >= 0.6 is 0 Å². The maximum Gasteiger partial charge on any atom is 0.242 e. The van der Waals surface area contributed by atoms with Crippen LogP contribution in [-0.2, 0) is 11.2 Å². The van der Waals surface area contributed by atoms with Crippen molar-refractivity contribution in [2.24, 2.45) is 5.92 Å². The number of nitrogens with zero attached hydrogens (tertiary/aromatic N) is 1. The Hall–Kier alpha value is -2.13. The minimum atomic E-state index is -0.157. The van der Waals surface area contributed by atoms with Gasteiger partial charge < -0.3 is 5.32 Å². The summed E-state index contributed by atoms with van der Waals surface area (Å²) in [5, 5.41) is 3.39. The zero-order valence-corrected chi connectivity index (χ0v) is 17.4. The monoisotopic (exact) mass is 390 g/mol. The molecular formula is C26H34N2O. The molecule has 1 aliphatic heterocycles. The summed E-state index contributed by atoms with van der Waals surface area (Å²) in [4.78, 5) is 15.7. The molecule has 1 N–H and O–H groups in total. The molecule has 1 saturated carbocycles. The molecule has 154 valence electrons. The van der Waals surface area contributed by atoms with Crippen LogP contribution in [0.2, 0.25) is 0 Å². The molecule has 1 aliphatic carbocycles. The van der Waals surface area contributed by atoms with E-state index in [1.807, 2.05) is 6.07 Å². The molecule has 0 radical (unpaired) electrons. The first-order valence-corrected chi connectivity index (χ1v) is 11.4. The van der Waals surface area contributed by atoms with Crippen LogP contribution in [0.15, 0.2) is 60.7 Å². The molecule has 2 aromatic carbocycles. The second kappa shape index (κ2) is 10.1. The van der Waals surface area contributed by atoms with Crippen molar-refractivity contribution >= 4 is 5.91 Å². The molecule has 1 amide bonds. The van der Waals surface area contributed by atoms with Crippen LogP contribution in [0.1, 0.15) is 62.1 Å². The number of benzene rings is 2. The molecule has 4 rings (SSSR count). The van der Waals surface area contributed by atoms with E-state index >= 15 is 0 Å². The zero-order valence-electron chi connectivity index (χ0n) is 17.4. The van der Waals surface area contributed by atoms with Gasteiger partial charge in [-0.25, -0.2) is 0 Å². The summed E-state index contributed by atoms with van der Waals surface area (Å²) in [6, 6.07) is 21.4. The van der Waals surface area contributed by atoms with E-state index < -0.39 is 0 Å². The lowest BCUT2D eigenvalue weighted by atomic mass is 9.88. The molecule has 3 heteroatoms. The molecule has 0 aromatic heterocycles. The Bertz CT molecular complexity index is 747. The van der Waals surface area contributed by atoms with Crippen molar-refractivity contribution in [1.29, 1.82) is 0 Å². The molecule has 2 aromatic rings. The maximum atomic E-state index is 13.3. The van der Waals surface area contributed by atoms with Crippen LogP contribution in [0.3, 0.4) is 0 Å². The Kier molecular flexibility index (Phi) is 7.00. The van der Waals surface area contributed by atoms with Crippen molar-refractivity contribution in [3.8, 4) is 0 Å². The molecule has 1 saturated heterocycles. The first-order valence-electron chi connectivity index (χ1n) is 11.4. The topological polar surface area (TPSA) is 32.3 Å². The fraction of sp³-hybridized carbons (Fsp3) is 0.500. The zero-order chi connectivity index (χ0) is 19.9.